The van der Waals surface area contributed by atoms with E-state index in [0.717, 1.165) is 23.2 Å². The number of carbonyl (C=O) groups is 2. The molecule has 0 saturated carbocycles. The van der Waals surface area contributed by atoms with Crippen LogP contribution in [0.1, 0.15) is 51.2 Å². The quantitative estimate of drug-likeness (QED) is 0.831. The fourth-order valence-corrected chi connectivity index (χ4v) is 1.90. The summed E-state index contributed by atoms with van der Waals surface area (Å²) in [7, 11) is 0. The molecule has 1 atom stereocenters. The molecular weight excluding hydrogens is 252 g/mol. The van der Waals surface area contributed by atoms with Gasteiger partial charge in [0, 0.05) is 11.7 Å². The van der Waals surface area contributed by atoms with Gasteiger partial charge in [0.1, 0.15) is 0 Å². The first-order valence-corrected chi connectivity index (χ1v) is 7.08. The second-order valence-electron chi connectivity index (χ2n) is 5.43. The van der Waals surface area contributed by atoms with Crippen LogP contribution in [0.4, 0.5) is 5.69 Å². The maximum Gasteiger partial charge on any atom is 0.313 e. The Morgan fingerprint density at radius 1 is 1.15 bits per heavy atom. The third kappa shape index (κ3) is 4.08. The molecule has 0 aliphatic heterocycles. The Balaban J connectivity index is 2.88. The van der Waals surface area contributed by atoms with Gasteiger partial charge in [-0.15, -0.1) is 0 Å². The van der Waals surface area contributed by atoms with Crippen LogP contribution in [0.15, 0.2) is 18.2 Å². The van der Waals surface area contributed by atoms with Gasteiger partial charge in [-0.1, -0.05) is 39.0 Å². The van der Waals surface area contributed by atoms with E-state index in [9.17, 15) is 9.59 Å². The smallest absolute Gasteiger partial charge is 0.313 e. The Bertz CT molecular complexity index is 495. The minimum absolute atomic E-state index is 0.00492. The van der Waals surface area contributed by atoms with Crippen molar-refractivity contribution in [3.63, 3.8) is 0 Å². The van der Waals surface area contributed by atoms with Crippen molar-refractivity contribution in [3.8, 4) is 0 Å². The number of carbonyl (C=O) groups excluding carboxylic acids is 2. The molecule has 2 amide bonds. The largest absolute Gasteiger partial charge is 0.345 e. The van der Waals surface area contributed by atoms with Crippen LogP contribution in [0.2, 0.25) is 0 Å². The van der Waals surface area contributed by atoms with Crippen LogP contribution >= 0.6 is 0 Å². The molecule has 1 aromatic carbocycles. The van der Waals surface area contributed by atoms with Gasteiger partial charge >= 0.3 is 11.8 Å². The average Bonchev–Trinajstić information content (AvgIpc) is 2.40. The van der Waals surface area contributed by atoms with Crippen LogP contribution in [0.25, 0.3) is 0 Å². The zero-order valence-corrected chi connectivity index (χ0v) is 12.9. The molecule has 4 heteroatoms. The molecule has 0 heterocycles. The number of benzene rings is 1. The third-order valence-electron chi connectivity index (χ3n) is 3.36. The first-order chi connectivity index (χ1) is 9.36. The monoisotopic (exact) mass is 276 g/mol. The summed E-state index contributed by atoms with van der Waals surface area (Å²) in [6.45, 7) is 9.88. The summed E-state index contributed by atoms with van der Waals surface area (Å²) in [5.74, 6) is -0.915. The number of rotatable bonds is 4. The topological polar surface area (TPSA) is 58.2 Å². The molecule has 0 radical (unpaired) electrons. The summed E-state index contributed by atoms with van der Waals surface area (Å²) >= 11 is 0. The molecule has 0 saturated heterocycles. The van der Waals surface area contributed by atoms with Crippen LogP contribution in [0.5, 0.6) is 0 Å². The normalized spacial score (nSPS) is 12.1. The standard InChI is InChI=1S/C16H24N2O2/c1-6-12(5)17-15(19)16(20)18-14-11(4)8-7-9-13(14)10(2)3/h7-10,12H,6H2,1-5H3,(H,17,19)(H,18,20). The molecule has 1 aromatic rings. The van der Waals surface area contributed by atoms with Crippen molar-refractivity contribution in [2.45, 2.75) is 53.0 Å². The molecule has 1 unspecified atom stereocenters. The Morgan fingerprint density at radius 2 is 1.80 bits per heavy atom. The lowest BCUT2D eigenvalue weighted by atomic mass is 9.98. The van der Waals surface area contributed by atoms with E-state index in [1.165, 1.54) is 0 Å². The summed E-state index contributed by atoms with van der Waals surface area (Å²) in [4.78, 5) is 23.8. The minimum Gasteiger partial charge on any atom is -0.345 e. The SMILES string of the molecule is CCC(C)NC(=O)C(=O)Nc1c(C)cccc1C(C)C. The van der Waals surface area contributed by atoms with Crippen molar-refractivity contribution in [3.05, 3.63) is 29.3 Å². The lowest BCUT2D eigenvalue weighted by Gasteiger charge is -2.17. The van der Waals surface area contributed by atoms with E-state index < -0.39 is 11.8 Å². The van der Waals surface area contributed by atoms with Gasteiger partial charge in [0.2, 0.25) is 0 Å². The van der Waals surface area contributed by atoms with Gasteiger partial charge in [-0.25, -0.2) is 0 Å². The van der Waals surface area contributed by atoms with Gasteiger partial charge in [-0.3, -0.25) is 9.59 Å². The molecule has 110 valence electrons. The van der Waals surface area contributed by atoms with Gasteiger partial charge in [-0.2, -0.15) is 0 Å². The molecule has 4 nitrogen and oxygen atoms in total. The number of hydrogen-bond acceptors (Lipinski definition) is 2. The molecule has 0 bridgehead atoms. The highest BCUT2D eigenvalue weighted by Crippen LogP contribution is 2.27. The average molecular weight is 276 g/mol. The van der Waals surface area contributed by atoms with Crippen LogP contribution in [0, 0.1) is 6.92 Å². The lowest BCUT2D eigenvalue weighted by molar-refractivity contribution is -0.136. The van der Waals surface area contributed by atoms with Gasteiger partial charge in [0.25, 0.3) is 0 Å². The van der Waals surface area contributed by atoms with Gasteiger partial charge < -0.3 is 10.6 Å². The molecule has 20 heavy (non-hydrogen) atoms. The Morgan fingerprint density at radius 3 is 2.35 bits per heavy atom. The van der Waals surface area contributed by atoms with E-state index in [4.69, 9.17) is 0 Å². The van der Waals surface area contributed by atoms with E-state index in [-0.39, 0.29) is 12.0 Å². The maximum absolute atomic E-state index is 12.0. The van der Waals surface area contributed by atoms with Gasteiger partial charge in [-0.05, 0) is 37.3 Å². The zero-order valence-electron chi connectivity index (χ0n) is 12.9. The van der Waals surface area contributed by atoms with Crippen LogP contribution in [0.3, 0.4) is 0 Å². The first-order valence-electron chi connectivity index (χ1n) is 7.08. The Kier molecular flexibility index (Phi) is 5.74. The summed E-state index contributed by atoms with van der Waals surface area (Å²) in [5, 5.41) is 5.41. The van der Waals surface area contributed by atoms with Crippen LogP contribution in [-0.4, -0.2) is 17.9 Å². The van der Waals surface area contributed by atoms with Crippen molar-refractivity contribution < 1.29 is 9.59 Å². The molecule has 0 spiro atoms. The number of hydrogen-bond donors (Lipinski definition) is 2. The maximum atomic E-state index is 12.0. The predicted octanol–water partition coefficient (Wildman–Crippen LogP) is 2.97. The second-order valence-corrected chi connectivity index (χ2v) is 5.43. The molecule has 1 rings (SSSR count). The van der Waals surface area contributed by atoms with Gasteiger partial charge in [0.05, 0.1) is 0 Å². The summed E-state index contributed by atoms with van der Waals surface area (Å²) in [6, 6.07) is 5.85. The predicted molar refractivity (Wildman–Crippen MR) is 81.8 cm³/mol. The Hall–Kier alpha value is -1.84. The van der Waals surface area contributed by atoms with Crippen LogP contribution < -0.4 is 10.6 Å². The zero-order chi connectivity index (χ0) is 15.3. The summed E-state index contributed by atoms with van der Waals surface area (Å²) in [5.41, 5.74) is 2.74. The molecule has 0 aliphatic carbocycles. The molecule has 0 aromatic heterocycles. The van der Waals surface area contributed by atoms with Crippen LogP contribution in [-0.2, 0) is 9.59 Å². The van der Waals surface area contributed by atoms with Crippen molar-refractivity contribution in [1.29, 1.82) is 0 Å². The second kappa shape index (κ2) is 7.08. The van der Waals surface area contributed by atoms with Crippen molar-refractivity contribution in [1.82, 2.24) is 5.32 Å². The molecular formula is C16H24N2O2. The molecule has 0 fully saturated rings. The van der Waals surface area contributed by atoms with E-state index >= 15 is 0 Å². The van der Waals surface area contributed by atoms with Crippen molar-refractivity contribution in [2.75, 3.05) is 5.32 Å². The highest BCUT2D eigenvalue weighted by Gasteiger charge is 2.18. The lowest BCUT2D eigenvalue weighted by Crippen LogP contribution is -2.40. The number of para-hydroxylation sites is 1. The number of nitrogens with one attached hydrogen (secondary N) is 2. The van der Waals surface area contributed by atoms with E-state index in [2.05, 4.69) is 24.5 Å². The highest BCUT2D eigenvalue weighted by molar-refractivity contribution is 6.39. The number of aryl methyl sites for hydroxylation is 1. The van der Waals surface area contributed by atoms with Gasteiger partial charge in [0.15, 0.2) is 0 Å². The fraction of sp³-hybridized carbons (Fsp3) is 0.500. The fourth-order valence-electron chi connectivity index (χ4n) is 1.90. The first kappa shape index (κ1) is 16.2. The van der Waals surface area contributed by atoms with E-state index in [0.29, 0.717) is 0 Å². The van der Waals surface area contributed by atoms with E-state index in [1.807, 2.05) is 39.0 Å². The minimum atomic E-state index is -0.610. The molecule has 0 aliphatic rings. The van der Waals surface area contributed by atoms with E-state index in [1.54, 1.807) is 0 Å². The molecule has 2 N–H and O–H groups in total. The third-order valence-corrected chi connectivity index (χ3v) is 3.36. The van der Waals surface area contributed by atoms with Crippen molar-refractivity contribution >= 4 is 17.5 Å². The summed E-state index contributed by atoms with van der Waals surface area (Å²) < 4.78 is 0. The Labute approximate surface area is 121 Å². The highest BCUT2D eigenvalue weighted by atomic mass is 16.2. The van der Waals surface area contributed by atoms with Crippen molar-refractivity contribution in [2.24, 2.45) is 0 Å². The number of anilines is 1. The number of amides is 2. The summed E-state index contributed by atoms with van der Waals surface area (Å²) in [6.07, 6.45) is 0.792.